The standard InChI is InChI=1S/C9H11O2S.Li/c1-8(2)12(10,11)9-6-4-3-5-7-9;/h3-7H,1-2H3;. The molecule has 2 nitrogen and oxygen atoms in total. The van der Waals surface area contributed by atoms with Crippen LogP contribution in [0.2, 0.25) is 0 Å². The predicted octanol–water partition coefficient (Wildman–Crippen LogP) is 1.36. The molecule has 4 heteroatoms. The summed E-state index contributed by atoms with van der Waals surface area (Å²) in [7, 11) is -3.18. The summed E-state index contributed by atoms with van der Waals surface area (Å²) in [5, 5.41) is 0. The molecular formula is C9H11LiO2S. The van der Waals surface area contributed by atoms with Gasteiger partial charge in [-0.2, -0.15) is 0 Å². The van der Waals surface area contributed by atoms with Crippen LogP contribution in [0.3, 0.4) is 0 Å². The monoisotopic (exact) mass is 190 g/mol. The molecule has 66 valence electrons. The zero-order chi connectivity index (χ0) is 10.1. The van der Waals surface area contributed by atoms with Crippen molar-refractivity contribution in [3.05, 3.63) is 30.3 Å². The first kappa shape index (κ1) is 10.8. The van der Waals surface area contributed by atoms with Crippen molar-refractivity contribution in [1.29, 1.82) is 0 Å². The number of sulfone groups is 1. The molecule has 0 aromatic heterocycles. The van der Waals surface area contributed by atoms with Crippen LogP contribution in [0, 0.1) is 0 Å². The molecule has 0 aliphatic carbocycles. The number of benzene rings is 1. The van der Waals surface area contributed by atoms with Crippen LogP contribution in [-0.4, -0.2) is 29.6 Å². The molecule has 0 saturated heterocycles. The summed E-state index contributed by atoms with van der Waals surface area (Å²) in [6.07, 6.45) is 0. The molecule has 1 rings (SSSR count). The van der Waals surface area contributed by atoms with Crippen molar-refractivity contribution < 1.29 is 8.42 Å². The van der Waals surface area contributed by atoms with Crippen LogP contribution in [0.25, 0.3) is 0 Å². The number of hydrogen-bond acceptors (Lipinski definition) is 2. The van der Waals surface area contributed by atoms with Crippen LogP contribution in [0.4, 0.5) is 0 Å². The molecule has 0 heterocycles. The Hall–Kier alpha value is -0.233. The predicted molar refractivity (Wildman–Crippen MR) is 53.5 cm³/mol. The third-order valence-electron chi connectivity index (χ3n) is 1.86. The quantitative estimate of drug-likeness (QED) is 0.660. The van der Waals surface area contributed by atoms with Crippen molar-refractivity contribution in [2.24, 2.45) is 0 Å². The number of hydrogen-bond donors (Lipinski definition) is 0. The molecule has 0 radical (unpaired) electrons. The van der Waals surface area contributed by atoms with E-state index in [2.05, 4.69) is 0 Å². The van der Waals surface area contributed by atoms with Crippen LogP contribution in [0.5, 0.6) is 0 Å². The van der Waals surface area contributed by atoms with Gasteiger partial charge in [-0.05, 0) is 0 Å². The zero-order valence-electron chi connectivity index (χ0n) is 8.11. The van der Waals surface area contributed by atoms with Gasteiger partial charge in [0.15, 0.2) is 0 Å². The van der Waals surface area contributed by atoms with E-state index in [0.717, 1.165) is 0 Å². The van der Waals surface area contributed by atoms with E-state index < -0.39 is 13.3 Å². The van der Waals surface area contributed by atoms with E-state index in [4.69, 9.17) is 0 Å². The Morgan fingerprint density at radius 1 is 1.15 bits per heavy atom. The van der Waals surface area contributed by atoms with E-state index >= 15 is 0 Å². The van der Waals surface area contributed by atoms with E-state index in [1.165, 1.54) is 0 Å². The molecule has 0 fully saturated rings. The first-order chi connectivity index (χ1) is 5.86. The van der Waals surface area contributed by atoms with Crippen LogP contribution in [0.1, 0.15) is 13.8 Å². The Morgan fingerprint density at radius 2 is 1.62 bits per heavy atom. The number of rotatable bonds is 2. The third-order valence-corrected chi connectivity index (χ3v) is 4.36. The summed E-state index contributed by atoms with van der Waals surface area (Å²) in [6.45, 7) is 3.41. The molecule has 1 aromatic rings. The second-order valence-electron chi connectivity index (χ2n) is 3.93. The maximum atomic E-state index is 11.9. The van der Waals surface area contributed by atoms with Crippen molar-refractivity contribution in [3.63, 3.8) is 0 Å². The van der Waals surface area contributed by atoms with Gasteiger partial charge in [0, 0.05) is 0 Å². The van der Waals surface area contributed by atoms with Gasteiger partial charge in [0.1, 0.15) is 0 Å². The fourth-order valence-corrected chi connectivity index (χ4v) is 2.18. The van der Waals surface area contributed by atoms with Gasteiger partial charge in [-0.3, -0.25) is 0 Å². The molecule has 0 bridgehead atoms. The van der Waals surface area contributed by atoms with Crippen LogP contribution in [-0.2, 0) is 9.84 Å². The van der Waals surface area contributed by atoms with Crippen LogP contribution >= 0.6 is 0 Å². The summed E-state index contributed by atoms with van der Waals surface area (Å²) >= 11 is 1.70. The van der Waals surface area contributed by atoms with Crippen molar-refractivity contribution in [1.82, 2.24) is 0 Å². The van der Waals surface area contributed by atoms with Gasteiger partial charge in [0.2, 0.25) is 0 Å². The average Bonchev–Trinajstić information content (AvgIpc) is 2.04. The molecule has 0 unspecified atom stereocenters. The summed E-state index contributed by atoms with van der Waals surface area (Å²) in [4.78, 5) is 0.391. The summed E-state index contributed by atoms with van der Waals surface area (Å²) < 4.78 is 23.0. The van der Waals surface area contributed by atoms with Crippen molar-refractivity contribution in [3.8, 4) is 0 Å². The minimum absolute atomic E-state index is 0.391. The van der Waals surface area contributed by atoms with Crippen LogP contribution in [0.15, 0.2) is 35.2 Å². The molecule has 0 amide bonds. The maximum absolute atomic E-state index is 11.9. The molecule has 13 heavy (non-hydrogen) atoms. The first-order valence-corrected chi connectivity index (χ1v) is 5.64. The Kier molecular flexibility index (Phi) is 2.91. The van der Waals surface area contributed by atoms with Crippen molar-refractivity contribution in [2.75, 3.05) is 0 Å². The van der Waals surface area contributed by atoms with E-state index in [-0.39, 0.29) is 0 Å². The Labute approximate surface area is 88.5 Å². The van der Waals surface area contributed by atoms with Gasteiger partial charge in [0.25, 0.3) is 0 Å². The van der Waals surface area contributed by atoms with Gasteiger partial charge < -0.3 is 0 Å². The molecule has 0 saturated carbocycles. The molecule has 1 aromatic carbocycles. The average molecular weight is 190 g/mol. The molecular weight excluding hydrogens is 179 g/mol. The molecule has 0 spiro atoms. The Morgan fingerprint density at radius 3 is 2.00 bits per heavy atom. The molecule has 0 aliphatic heterocycles. The van der Waals surface area contributed by atoms with Gasteiger partial charge in [-0.1, -0.05) is 0 Å². The normalized spacial score (nSPS) is 12.9. The van der Waals surface area contributed by atoms with Gasteiger partial charge in [-0.25, -0.2) is 0 Å². The molecule has 0 aliphatic rings. The van der Waals surface area contributed by atoms with E-state index in [1.54, 1.807) is 55.8 Å². The summed E-state index contributed by atoms with van der Waals surface area (Å²) in [5.41, 5.74) is 0. The molecule has 0 atom stereocenters. The summed E-state index contributed by atoms with van der Waals surface area (Å²) in [6, 6.07) is 8.53. The Bertz CT molecular complexity index is 376. The van der Waals surface area contributed by atoms with E-state index in [0.29, 0.717) is 4.90 Å². The van der Waals surface area contributed by atoms with E-state index in [1.807, 2.05) is 6.07 Å². The topological polar surface area (TPSA) is 34.1 Å². The second-order valence-corrected chi connectivity index (χ2v) is 6.63. The fourth-order valence-electron chi connectivity index (χ4n) is 0.953. The van der Waals surface area contributed by atoms with Gasteiger partial charge >= 0.3 is 88.5 Å². The van der Waals surface area contributed by atoms with E-state index in [9.17, 15) is 8.42 Å². The van der Waals surface area contributed by atoms with Gasteiger partial charge in [-0.15, -0.1) is 0 Å². The first-order valence-electron chi connectivity index (χ1n) is 4.15. The summed E-state index contributed by atoms with van der Waals surface area (Å²) in [5.74, 6) is 0. The second kappa shape index (κ2) is 3.49. The van der Waals surface area contributed by atoms with Crippen LogP contribution < -0.4 is 0 Å². The Balaban J connectivity index is 3.26. The molecule has 0 N–H and O–H groups in total. The SMILES string of the molecule is [Li][C](C)(C)S(=O)(=O)c1ccccc1. The van der Waals surface area contributed by atoms with Gasteiger partial charge in [0.05, 0.1) is 0 Å². The zero-order valence-corrected chi connectivity index (χ0v) is 8.93. The van der Waals surface area contributed by atoms with Crippen molar-refractivity contribution >= 4 is 27.6 Å². The fraction of sp³-hybridized carbons (Fsp3) is 0.333. The third kappa shape index (κ3) is 2.17. The van der Waals surface area contributed by atoms with Crippen molar-refractivity contribution in [2.45, 2.75) is 22.2 Å². The minimum atomic E-state index is -3.18.